The van der Waals surface area contributed by atoms with Crippen molar-refractivity contribution in [1.29, 1.82) is 0 Å². The zero-order valence-corrected chi connectivity index (χ0v) is 8.84. The van der Waals surface area contributed by atoms with Gasteiger partial charge in [-0.3, -0.25) is 0 Å². The molecule has 0 aromatic carbocycles. The Kier molecular flexibility index (Phi) is 5.42. The summed E-state index contributed by atoms with van der Waals surface area (Å²) >= 11 is 0. The van der Waals surface area contributed by atoms with E-state index in [1.54, 1.807) is 13.8 Å². The highest BCUT2D eigenvalue weighted by Gasteiger charge is 2.20. The summed E-state index contributed by atoms with van der Waals surface area (Å²) in [6.45, 7) is 3.98. The van der Waals surface area contributed by atoms with Crippen molar-refractivity contribution in [3.63, 3.8) is 0 Å². The molecule has 2 atom stereocenters. The van der Waals surface area contributed by atoms with E-state index in [1.807, 2.05) is 0 Å². The number of hydrogen-bond donors (Lipinski definition) is 2. The van der Waals surface area contributed by atoms with Crippen molar-refractivity contribution < 1.29 is 28.3 Å². The molecule has 0 aromatic heterocycles. The maximum atomic E-state index is 11.1. The molecule has 0 spiro atoms. The topological polar surface area (TPSA) is 108 Å². The summed E-state index contributed by atoms with van der Waals surface area (Å²) in [5.74, 6) is 0. The second kappa shape index (κ2) is 5.51. The third kappa shape index (κ3) is 5.94. The van der Waals surface area contributed by atoms with E-state index in [0.717, 1.165) is 0 Å². The van der Waals surface area contributed by atoms with Gasteiger partial charge in [-0.15, -0.1) is 0 Å². The molecule has 80 valence electrons. The molecule has 0 saturated heterocycles. The van der Waals surface area contributed by atoms with Crippen molar-refractivity contribution in [2.45, 2.75) is 26.1 Å². The first kappa shape index (κ1) is 12.8. The van der Waals surface area contributed by atoms with Crippen LogP contribution in [0.3, 0.4) is 0 Å². The zero-order chi connectivity index (χ0) is 10.5. The Hall–Kier alpha value is -0.210. The summed E-state index contributed by atoms with van der Waals surface area (Å²) in [6.07, 6.45) is -0.913. The van der Waals surface area contributed by atoms with E-state index in [-0.39, 0.29) is 0 Å². The molecule has 6 nitrogen and oxygen atoms in total. The first-order valence-electron chi connectivity index (χ1n) is 4.11. The lowest BCUT2D eigenvalue weighted by Crippen LogP contribution is -2.57. The Morgan fingerprint density at radius 2 is 1.38 bits per heavy atom. The second-order valence-electron chi connectivity index (χ2n) is 2.80. The number of rotatable bonds is 6. The second-order valence-corrected chi connectivity index (χ2v) is 4.00. The van der Waals surface area contributed by atoms with E-state index >= 15 is 0 Å². The molecule has 0 rings (SSSR count). The minimum absolute atomic E-state index is 0.376. The molecule has 0 bridgehead atoms. The highest BCUT2D eigenvalue weighted by Crippen LogP contribution is 2.03. The van der Waals surface area contributed by atoms with Crippen LogP contribution in [0.5, 0.6) is 0 Å². The van der Waals surface area contributed by atoms with Crippen LogP contribution < -0.4 is 11.5 Å². The summed E-state index contributed by atoms with van der Waals surface area (Å²) in [4.78, 5) is 0. The Morgan fingerprint density at radius 3 is 1.62 bits per heavy atom. The van der Waals surface area contributed by atoms with Gasteiger partial charge in [-0.05, 0) is 13.8 Å². The van der Waals surface area contributed by atoms with Crippen molar-refractivity contribution in [2.75, 3.05) is 13.1 Å². The quantitative estimate of drug-likeness (QED) is 0.510. The van der Waals surface area contributed by atoms with Gasteiger partial charge < -0.3 is 11.5 Å². The third-order valence-corrected chi connectivity index (χ3v) is 2.51. The molecule has 0 fully saturated rings. The molecule has 0 amide bonds. The largest absolute Gasteiger partial charge is 0.400 e. The van der Waals surface area contributed by atoms with Gasteiger partial charge in [-0.25, -0.2) is 8.37 Å². The Bertz CT molecular complexity index is 211. The van der Waals surface area contributed by atoms with Gasteiger partial charge in [0, 0.05) is 0 Å². The summed E-state index contributed by atoms with van der Waals surface area (Å²) in [5, 5.41) is 0. The predicted octanol–water partition coefficient (Wildman–Crippen LogP) is -2.47. The average molecular weight is 214 g/mol. The van der Waals surface area contributed by atoms with Crippen molar-refractivity contribution >= 4 is 10.4 Å². The van der Waals surface area contributed by atoms with Crippen LogP contribution >= 0.6 is 0 Å². The number of quaternary nitrogens is 2. The van der Waals surface area contributed by atoms with E-state index in [0.29, 0.717) is 13.1 Å². The van der Waals surface area contributed by atoms with Gasteiger partial charge in [-0.2, -0.15) is 8.42 Å². The first-order valence-corrected chi connectivity index (χ1v) is 5.44. The van der Waals surface area contributed by atoms with Gasteiger partial charge >= 0.3 is 10.4 Å². The Morgan fingerprint density at radius 1 is 1.08 bits per heavy atom. The molecule has 0 radical (unpaired) electrons. The molecular formula is C6H18N2O4S+2. The summed E-state index contributed by atoms with van der Waals surface area (Å²) < 4.78 is 31.4. The van der Waals surface area contributed by atoms with Crippen LogP contribution in [0, 0.1) is 0 Å². The molecule has 0 aliphatic rings. The molecule has 6 N–H and O–H groups in total. The van der Waals surface area contributed by atoms with Crippen molar-refractivity contribution in [2.24, 2.45) is 0 Å². The van der Waals surface area contributed by atoms with E-state index < -0.39 is 22.6 Å². The van der Waals surface area contributed by atoms with Gasteiger partial charge in [0.25, 0.3) is 0 Å². The van der Waals surface area contributed by atoms with E-state index in [4.69, 9.17) is 0 Å². The maximum absolute atomic E-state index is 11.1. The zero-order valence-electron chi connectivity index (χ0n) is 8.02. The highest BCUT2D eigenvalue weighted by atomic mass is 32.3. The lowest BCUT2D eigenvalue weighted by atomic mass is 10.4. The Labute approximate surface area is 78.5 Å². The lowest BCUT2D eigenvalue weighted by molar-refractivity contribution is -0.382. The molecule has 0 heterocycles. The van der Waals surface area contributed by atoms with E-state index in [2.05, 4.69) is 19.8 Å². The molecule has 7 heteroatoms. The fourth-order valence-electron chi connectivity index (χ4n) is 0.521. The SMILES string of the molecule is CC(C[NH3+])OS(=O)(=O)OC(C)C[NH3+]. The molecule has 0 aliphatic heterocycles. The van der Waals surface area contributed by atoms with Crippen LogP contribution in [0.1, 0.15) is 13.8 Å². The predicted molar refractivity (Wildman–Crippen MR) is 45.5 cm³/mol. The summed E-state index contributed by atoms with van der Waals surface area (Å²) in [6, 6.07) is 0. The van der Waals surface area contributed by atoms with Crippen LogP contribution in [0.15, 0.2) is 0 Å². The third-order valence-electron chi connectivity index (χ3n) is 1.38. The normalized spacial score (nSPS) is 16.9. The smallest absolute Gasteiger partial charge is 0.355 e. The standard InChI is InChI=1S/C6H16N2O4S/c1-5(3-7)11-13(9,10)12-6(2)4-8/h5-6H,3-4,7-8H2,1-2H3/p+2. The molecule has 0 saturated carbocycles. The van der Waals surface area contributed by atoms with Gasteiger partial charge in [0.2, 0.25) is 0 Å². The van der Waals surface area contributed by atoms with Crippen molar-refractivity contribution in [1.82, 2.24) is 0 Å². The molecule has 2 unspecified atom stereocenters. The summed E-state index contributed by atoms with van der Waals surface area (Å²) in [5.41, 5.74) is 7.02. The monoisotopic (exact) mass is 214 g/mol. The number of hydrogen-bond acceptors (Lipinski definition) is 4. The summed E-state index contributed by atoms with van der Waals surface area (Å²) in [7, 11) is -3.88. The van der Waals surface area contributed by atoms with Crippen LogP contribution in [-0.2, 0) is 18.8 Å². The molecule has 0 aliphatic carbocycles. The molecular weight excluding hydrogens is 196 g/mol. The van der Waals surface area contributed by atoms with Gasteiger partial charge in [-0.1, -0.05) is 0 Å². The Balaban J connectivity index is 4.09. The first-order chi connectivity index (χ1) is 5.91. The van der Waals surface area contributed by atoms with Crippen molar-refractivity contribution in [3.8, 4) is 0 Å². The maximum Gasteiger partial charge on any atom is 0.400 e. The van der Waals surface area contributed by atoms with E-state index in [9.17, 15) is 8.42 Å². The van der Waals surface area contributed by atoms with Gasteiger partial charge in [0.1, 0.15) is 25.3 Å². The minimum Gasteiger partial charge on any atom is -0.355 e. The van der Waals surface area contributed by atoms with Gasteiger partial charge in [0.15, 0.2) is 0 Å². The fourth-order valence-corrected chi connectivity index (χ4v) is 1.56. The van der Waals surface area contributed by atoms with Crippen molar-refractivity contribution in [3.05, 3.63) is 0 Å². The van der Waals surface area contributed by atoms with Crippen LogP contribution in [0.4, 0.5) is 0 Å². The minimum atomic E-state index is -3.88. The molecule has 13 heavy (non-hydrogen) atoms. The average Bonchev–Trinajstić information content (AvgIpc) is 2.02. The van der Waals surface area contributed by atoms with Crippen LogP contribution in [-0.4, -0.2) is 33.7 Å². The fraction of sp³-hybridized carbons (Fsp3) is 1.00. The highest BCUT2D eigenvalue weighted by molar-refractivity contribution is 7.81. The lowest BCUT2D eigenvalue weighted by Gasteiger charge is -2.11. The van der Waals surface area contributed by atoms with Crippen LogP contribution in [0.2, 0.25) is 0 Å². The van der Waals surface area contributed by atoms with Crippen LogP contribution in [0.25, 0.3) is 0 Å². The molecule has 0 aromatic rings. The van der Waals surface area contributed by atoms with Gasteiger partial charge in [0.05, 0.1) is 0 Å². The van der Waals surface area contributed by atoms with E-state index in [1.165, 1.54) is 0 Å².